The van der Waals surface area contributed by atoms with Crippen LogP contribution in [0.4, 0.5) is 0 Å². The van der Waals surface area contributed by atoms with Crippen LogP contribution in [-0.4, -0.2) is 16.1 Å². The smallest absolute Gasteiger partial charge is 0.259 e. The Morgan fingerprint density at radius 3 is 2.68 bits per heavy atom. The van der Waals surface area contributed by atoms with Gasteiger partial charge in [0.05, 0.1) is 0 Å². The molecule has 0 radical (unpaired) electrons. The van der Waals surface area contributed by atoms with Crippen LogP contribution in [0, 0.1) is 10.1 Å². The Kier molecular flexibility index (Phi) is 3.30. The van der Waals surface area contributed by atoms with E-state index >= 15 is 0 Å². The molecular weight excluding hydrogens is 282 g/mol. The third-order valence-electron chi connectivity index (χ3n) is 3.19. The van der Waals surface area contributed by atoms with Gasteiger partial charge in [-0.25, -0.2) is 0 Å². The van der Waals surface area contributed by atoms with Gasteiger partial charge in [-0.2, -0.15) is 0 Å². The number of benzene rings is 1. The quantitative estimate of drug-likeness (QED) is 0.682. The van der Waals surface area contributed by atoms with Crippen LogP contribution in [0.25, 0.3) is 0 Å². The third-order valence-corrected chi connectivity index (χ3v) is 5.71. The Hall–Kier alpha value is -1.37. The molecule has 0 saturated heterocycles. The number of thioether (sulfide) groups is 1. The largest absolute Gasteiger partial charge is 0.381 e. The number of hydrogen-bond acceptors (Lipinski definition) is 5. The number of nitro groups is 1. The Morgan fingerprint density at radius 2 is 2.00 bits per heavy atom. The number of nitrogens with zero attached hydrogens (tertiary/aromatic N) is 1. The molecule has 3 atom stereocenters. The first-order valence-corrected chi connectivity index (χ1v) is 7.55. The van der Waals surface area contributed by atoms with Crippen molar-refractivity contribution in [1.29, 1.82) is 0 Å². The number of thiophene rings is 1. The first-order valence-electron chi connectivity index (χ1n) is 5.79. The summed E-state index contributed by atoms with van der Waals surface area (Å²) in [5, 5.41) is 23.2. The Balaban J connectivity index is 2.08. The molecule has 2 aromatic rings. The van der Waals surface area contributed by atoms with E-state index in [4.69, 9.17) is 0 Å². The molecule has 1 aliphatic rings. The Morgan fingerprint density at radius 1 is 1.21 bits per heavy atom. The van der Waals surface area contributed by atoms with Gasteiger partial charge < -0.3 is 5.11 Å². The van der Waals surface area contributed by atoms with Crippen LogP contribution in [-0.2, 0) is 0 Å². The normalized spacial score (nSPS) is 25.8. The molecule has 0 amide bonds. The first kappa shape index (κ1) is 12.7. The second kappa shape index (κ2) is 4.96. The van der Waals surface area contributed by atoms with Gasteiger partial charge in [-0.15, -0.1) is 23.1 Å². The SMILES string of the molecule is O=[N+]([O-])[C@H]1[C@H](O)c2ccccc2S[C@H]1c1cccs1. The van der Waals surface area contributed by atoms with Crippen molar-refractivity contribution >= 4 is 23.1 Å². The number of rotatable bonds is 2. The molecule has 3 rings (SSSR count). The summed E-state index contributed by atoms with van der Waals surface area (Å²) in [7, 11) is 0. The molecule has 19 heavy (non-hydrogen) atoms. The molecule has 98 valence electrons. The third kappa shape index (κ3) is 2.16. The van der Waals surface area contributed by atoms with Gasteiger partial charge in [0.2, 0.25) is 0 Å². The summed E-state index contributed by atoms with van der Waals surface area (Å²) in [4.78, 5) is 12.8. The molecule has 1 aromatic heterocycles. The fourth-order valence-corrected chi connectivity index (χ4v) is 4.69. The zero-order valence-corrected chi connectivity index (χ0v) is 11.4. The fraction of sp³-hybridized carbons (Fsp3) is 0.231. The topological polar surface area (TPSA) is 63.4 Å². The summed E-state index contributed by atoms with van der Waals surface area (Å²) in [5.74, 6) is 0. The van der Waals surface area contributed by atoms with E-state index in [1.54, 1.807) is 12.1 Å². The number of hydrogen-bond donors (Lipinski definition) is 1. The predicted molar refractivity (Wildman–Crippen MR) is 75.1 cm³/mol. The molecule has 0 spiro atoms. The lowest BCUT2D eigenvalue weighted by Crippen LogP contribution is -2.35. The Labute approximate surface area is 118 Å². The van der Waals surface area contributed by atoms with Crippen molar-refractivity contribution < 1.29 is 10.0 Å². The summed E-state index contributed by atoms with van der Waals surface area (Å²) < 4.78 is 0. The van der Waals surface area contributed by atoms with E-state index in [1.807, 2.05) is 29.6 Å². The van der Waals surface area contributed by atoms with Crippen molar-refractivity contribution in [3.8, 4) is 0 Å². The van der Waals surface area contributed by atoms with Crippen molar-refractivity contribution in [1.82, 2.24) is 0 Å². The van der Waals surface area contributed by atoms with Gasteiger partial charge >= 0.3 is 0 Å². The van der Waals surface area contributed by atoms with Gasteiger partial charge in [0.25, 0.3) is 6.04 Å². The van der Waals surface area contributed by atoms with Crippen LogP contribution < -0.4 is 0 Å². The first-order chi connectivity index (χ1) is 9.18. The molecule has 0 aliphatic carbocycles. The number of aliphatic hydroxyl groups is 1. The average Bonchev–Trinajstić information content (AvgIpc) is 2.92. The monoisotopic (exact) mass is 293 g/mol. The van der Waals surface area contributed by atoms with Gasteiger partial charge in [-0.1, -0.05) is 24.3 Å². The minimum absolute atomic E-state index is 0.333. The Bertz CT molecular complexity index is 600. The van der Waals surface area contributed by atoms with Crippen molar-refractivity contribution in [2.75, 3.05) is 0 Å². The standard InChI is InChI=1S/C13H11NO3S2/c15-12-8-4-1-2-5-9(8)19-13(11(12)14(16)17)10-6-3-7-18-10/h1-7,11-13,15H/t11-,12+,13-/m0/s1. The zero-order valence-electron chi connectivity index (χ0n) is 9.80. The highest BCUT2D eigenvalue weighted by atomic mass is 32.2. The highest BCUT2D eigenvalue weighted by Gasteiger charge is 2.45. The minimum Gasteiger partial charge on any atom is -0.381 e. The van der Waals surface area contributed by atoms with Crippen LogP contribution in [0.5, 0.6) is 0 Å². The second-order valence-corrected chi connectivity index (χ2v) is 6.48. The van der Waals surface area contributed by atoms with Crippen LogP contribution in [0.1, 0.15) is 21.8 Å². The van der Waals surface area contributed by atoms with Crippen molar-refractivity contribution in [2.24, 2.45) is 0 Å². The lowest BCUT2D eigenvalue weighted by atomic mass is 9.98. The summed E-state index contributed by atoms with van der Waals surface area (Å²) in [5.41, 5.74) is 0.655. The maximum Gasteiger partial charge on any atom is 0.259 e. The van der Waals surface area contributed by atoms with Gasteiger partial charge in [-0.3, -0.25) is 10.1 Å². The lowest BCUT2D eigenvalue weighted by molar-refractivity contribution is -0.536. The fourth-order valence-electron chi connectivity index (χ4n) is 2.29. The number of aliphatic hydroxyl groups excluding tert-OH is 1. The molecule has 1 N–H and O–H groups in total. The highest BCUT2D eigenvalue weighted by molar-refractivity contribution is 7.99. The van der Waals surface area contributed by atoms with Gasteiger partial charge in [0, 0.05) is 20.3 Å². The molecule has 4 nitrogen and oxygen atoms in total. The molecule has 0 saturated carbocycles. The zero-order chi connectivity index (χ0) is 13.4. The van der Waals surface area contributed by atoms with Crippen molar-refractivity contribution in [3.63, 3.8) is 0 Å². The molecule has 0 bridgehead atoms. The van der Waals surface area contributed by atoms with Crippen molar-refractivity contribution in [2.45, 2.75) is 22.3 Å². The maximum absolute atomic E-state index is 11.3. The minimum atomic E-state index is -1.06. The summed E-state index contributed by atoms with van der Waals surface area (Å²) in [6.07, 6.45) is -1.06. The van der Waals surface area contributed by atoms with Crippen LogP contribution in [0.2, 0.25) is 0 Å². The summed E-state index contributed by atoms with van der Waals surface area (Å²) >= 11 is 2.95. The lowest BCUT2D eigenvalue weighted by Gasteiger charge is -2.30. The molecule has 1 aromatic carbocycles. The molecule has 1 aliphatic heterocycles. The van der Waals surface area contributed by atoms with E-state index in [2.05, 4.69) is 0 Å². The van der Waals surface area contributed by atoms with E-state index in [9.17, 15) is 15.2 Å². The van der Waals surface area contributed by atoms with E-state index in [-0.39, 0.29) is 10.2 Å². The highest BCUT2D eigenvalue weighted by Crippen LogP contribution is 2.50. The van der Waals surface area contributed by atoms with Gasteiger partial charge in [0.15, 0.2) is 0 Å². The number of fused-ring (bicyclic) bond motifs is 1. The van der Waals surface area contributed by atoms with E-state index < -0.39 is 12.1 Å². The molecule has 0 unspecified atom stereocenters. The average molecular weight is 293 g/mol. The predicted octanol–water partition coefficient (Wildman–Crippen LogP) is 3.27. The van der Waals surface area contributed by atoms with Crippen LogP contribution >= 0.6 is 23.1 Å². The van der Waals surface area contributed by atoms with E-state index in [0.29, 0.717) is 5.56 Å². The molecule has 0 fully saturated rings. The van der Waals surface area contributed by atoms with Gasteiger partial charge in [-0.05, 0) is 17.5 Å². The molecule has 6 heteroatoms. The maximum atomic E-state index is 11.3. The summed E-state index contributed by atoms with van der Waals surface area (Å²) in [6, 6.07) is 10.1. The summed E-state index contributed by atoms with van der Waals surface area (Å²) in [6.45, 7) is 0. The molecule has 2 heterocycles. The van der Waals surface area contributed by atoms with Crippen LogP contribution in [0.15, 0.2) is 46.7 Å². The molecular formula is C13H11NO3S2. The van der Waals surface area contributed by atoms with E-state index in [0.717, 1.165) is 9.77 Å². The second-order valence-electron chi connectivity index (χ2n) is 4.31. The van der Waals surface area contributed by atoms with E-state index in [1.165, 1.54) is 23.1 Å². The van der Waals surface area contributed by atoms with Crippen LogP contribution in [0.3, 0.4) is 0 Å². The van der Waals surface area contributed by atoms with Crippen molar-refractivity contribution in [3.05, 3.63) is 62.3 Å². The van der Waals surface area contributed by atoms with Gasteiger partial charge in [0.1, 0.15) is 11.4 Å².